The van der Waals surface area contributed by atoms with E-state index in [-0.39, 0.29) is 12.4 Å². The van der Waals surface area contributed by atoms with Crippen LogP contribution in [0.5, 0.6) is 11.5 Å². The molecule has 0 spiro atoms. The van der Waals surface area contributed by atoms with E-state index >= 15 is 0 Å². The third kappa shape index (κ3) is 6.23. The molecule has 0 bridgehead atoms. The first kappa shape index (κ1) is 24.8. The van der Waals surface area contributed by atoms with Gasteiger partial charge in [0.1, 0.15) is 24.2 Å². The standard InChI is InChI=1S/C26H29F2N3O4/c1-34-20-5-7-23-21(16-20)18(8-9-29-23)3-2-10-31-12-11-30(17-24(31)26(32)33)13-14-35-25-15-19(27)4-6-22(25)28/h4-9,15-16,24H,2-3,10-14,17H2,1H3,(H,32,33)/t24-/m1/s1. The highest BCUT2D eigenvalue weighted by Gasteiger charge is 2.31. The Balaban J connectivity index is 1.30. The number of piperazine rings is 1. The Morgan fingerprint density at radius 1 is 1.14 bits per heavy atom. The third-order valence-corrected chi connectivity index (χ3v) is 6.35. The average molecular weight is 486 g/mol. The summed E-state index contributed by atoms with van der Waals surface area (Å²) in [7, 11) is 1.63. The number of aromatic nitrogens is 1. The van der Waals surface area contributed by atoms with Gasteiger partial charge in [0, 0.05) is 43.8 Å². The molecule has 1 aromatic heterocycles. The van der Waals surface area contributed by atoms with Crippen molar-refractivity contribution in [2.24, 2.45) is 0 Å². The van der Waals surface area contributed by atoms with Gasteiger partial charge >= 0.3 is 5.97 Å². The molecule has 186 valence electrons. The predicted molar refractivity (Wildman–Crippen MR) is 128 cm³/mol. The maximum atomic E-state index is 13.7. The fraction of sp³-hybridized carbons (Fsp3) is 0.385. The van der Waals surface area contributed by atoms with Gasteiger partial charge in [0.2, 0.25) is 0 Å². The number of benzene rings is 2. The number of carboxylic acids is 1. The van der Waals surface area contributed by atoms with Gasteiger partial charge in [-0.3, -0.25) is 19.6 Å². The van der Waals surface area contributed by atoms with Crippen LogP contribution in [0.3, 0.4) is 0 Å². The van der Waals surface area contributed by atoms with Crippen LogP contribution in [0.1, 0.15) is 12.0 Å². The minimum Gasteiger partial charge on any atom is -0.497 e. The fourth-order valence-corrected chi connectivity index (χ4v) is 4.45. The lowest BCUT2D eigenvalue weighted by Gasteiger charge is -2.39. The van der Waals surface area contributed by atoms with Crippen molar-refractivity contribution in [2.45, 2.75) is 18.9 Å². The summed E-state index contributed by atoms with van der Waals surface area (Å²) in [6.07, 6.45) is 3.40. The molecule has 0 unspecified atom stereocenters. The van der Waals surface area contributed by atoms with Crippen molar-refractivity contribution in [3.8, 4) is 11.5 Å². The van der Waals surface area contributed by atoms with Gasteiger partial charge in [-0.15, -0.1) is 0 Å². The van der Waals surface area contributed by atoms with Crippen molar-refractivity contribution in [1.82, 2.24) is 14.8 Å². The molecular weight excluding hydrogens is 456 g/mol. The largest absolute Gasteiger partial charge is 0.497 e. The van der Waals surface area contributed by atoms with Gasteiger partial charge in [0.05, 0.1) is 12.6 Å². The Kier molecular flexibility index (Phi) is 8.09. The van der Waals surface area contributed by atoms with Gasteiger partial charge in [0.15, 0.2) is 11.6 Å². The maximum Gasteiger partial charge on any atom is 0.322 e. The van der Waals surface area contributed by atoms with Gasteiger partial charge in [-0.25, -0.2) is 8.78 Å². The SMILES string of the molecule is COc1ccc2nccc(CCCN3CCN(CCOc4cc(F)ccc4F)C[C@@H]3C(=O)O)c2c1. The zero-order valence-electron chi connectivity index (χ0n) is 19.6. The summed E-state index contributed by atoms with van der Waals surface area (Å²) in [5, 5.41) is 10.8. The second-order valence-electron chi connectivity index (χ2n) is 8.57. The van der Waals surface area contributed by atoms with Crippen LogP contribution in [0.15, 0.2) is 48.7 Å². The minimum atomic E-state index is -0.870. The molecule has 0 amide bonds. The van der Waals surface area contributed by atoms with Crippen LogP contribution < -0.4 is 9.47 Å². The van der Waals surface area contributed by atoms with E-state index in [1.54, 1.807) is 13.3 Å². The van der Waals surface area contributed by atoms with E-state index < -0.39 is 23.6 Å². The third-order valence-electron chi connectivity index (χ3n) is 6.35. The summed E-state index contributed by atoms with van der Waals surface area (Å²) in [6.45, 7) is 2.86. The number of methoxy groups -OCH3 is 1. The van der Waals surface area contributed by atoms with Crippen molar-refractivity contribution in [3.63, 3.8) is 0 Å². The zero-order valence-corrected chi connectivity index (χ0v) is 19.6. The minimum absolute atomic E-state index is 0.139. The van der Waals surface area contributed by atoms with Gasteiger partial charge in [-0.05, 0) is 61.3 Å². The van der Waals surface area contributed by atoms with Gasteiger partial charge in [0.25, 0.3) is 0 Å². The fourth-order valence-electron chi connectivity index (χ4n) is 4.45. The summed E-state index contributed by atoms with van der Waals surface area (Å²) in [6, 6.07) is 10.2. The van der Waals surface area contributed by atoms with Gasteiger partial charge < -0.3 is 14.6 Å². The quantitative estimate of drug-likeness (QED) is 0.470. The molecule has 4 rings (SSSR count). The molecule has 7 nitrogen and oxygen atoms in total. The summed E-state index contributed by atoms with van der Waals surface area (Å²) in [5.74, 6) is -1.43. The number of carbonyl (C=O) groups is 1. The Morgan fingerprint density at radius 3 is 2.80 bits per heavy atom. The Hall–Kier alpha value is -3.30. The Bertz CT molecular complexity index is 1180. The van der Waals surface area contributed by atoms with Gasteiger partial charge in [-0.2, -0.15) is 0 Å². The highest BCUT2D eigenvalue weighted by molar-refractivity contribution is 5.83. The molecule has 9 heteroatoms. The van der Waals surface area contributed by atoms with E-state index in [0.29, 0.717) is 32.7 Å². The topological polar surface area (TPSA) is 75.1 Å². The monoisotopic (exact) mass is 485 g/mol. The number of fused-ring (bicyclic) bond motifs is 1. The lowest BCUT2D eigenvalue weighted by atomic mass is 10.0. The van der Waals surface area contributed by atoms with Crippen LogP contribution >= 0.6 is 0 Å². The number of pyridine rings is 1. The van der Waals surface area contributed by atoms with Crippen molar-refractivity contribution in [2.75, 3.05) is 46.4 Å². The van der Waals surface area contributed by atoms with Crippen LogP contribution in [-0.2, 0) is 11.2 Å². The number of halogens is 2. The molecule has 35 heavy (non-hydrogen) atoms. The highest BCUT2D eigenvalue weighted by Crippen LogP contribution is 2.24. The summed E-state index contributed by atoms with van der Waals surface area (Å²) >= 11 is 0. The number of ether oxygens (including phenoxy) is 2. The number of rotatable bonds is 10. The average Bonchev–Trinajstić information content (AvgIpc) is 2.86. The van der Waals surface area contributed by atoms with E-state index in [1.165, 1.54) is 0 Å². The molecule has 1 saturated heterocycles. The maximum absolute atomic E-state index is 13.7. The number of hydrogen-bond acceptors (Lipinski definition) is 6. The van der Waals surface area contributed by atoms with Crippen LogP contribution in [0, 0.1) is 11.6 Å². The molecule has 1 atom stereocenters. The second-order valence-corrected chi connectivity index (χ2v) is 8.57. The molecule has 3 aromatic rings. The number of aryl methyl sites for hydroxylation is 1. The Morgan fingerprint density at radius 2 is 2.00 bits per heavy atom. The molecule has 1 aliphatic heterocycles. The molecule has 0 aliphatic carbocycles. The number of nitrogens with zero attached hydrogens (tertiary/aromatic N) is 3. The summed E-state index contributed by atoms with van der Waals surface area (Å²) in [5.41, 5.74) is 2.06. The van der Waals surface area contributed by atoms with E-state index in [0.717, 1.165) is 53.3 Å². The van der Waals surface area contributed by atoms with E-state index in [9.17, 15) is 18.7 Å². The number of hydrogen-bond donors (Lipinski definition) is 1. The van der Waals surface area contributed by atoms with Crippen LogP contribution in [-0.4, -0.2) is 78.3 Å². The van der Waals surface area contributed by atoms with E-state index in [2.05, 4.69) is 4.98 Å². The smallest absolute Gasteiger partial charge is 0.322 e. The lowest BCUT2D eigenvalue weighted by Crippen LogP contribution is -2.57. The first-order valence-corrected chi connectivity index (χ1v) is 11.6. The molecule has 1 N–H and O–H groups in total. The van der Waals surface area contributed by atoms with Crippen LogP contribution in [0.4, 0.5) is 8.78 Å². The van der Waals surface area contributed by atoms with Crippen molar-refractivity contribution >= 4 is 16.9 Å². The second kappa shape index (κ2) is 11.4. The molecule has 1 aliphatic rings. The van der Waals surface area contributed by atoms with Crippen LogP contribution in [0.2, 0.25) is 0 Å². The van der Waals surface area contributed by atoms with E-state index in [4.69, 9.17) is 9.47 Å². The zero-order chi connectivity index (χ0) is 24.8. The molecule has 0 radical (unpaired) electrons. The van der Waals surface area contributed by atoms with Crippen molar-refractivity contribution in [1.29, 1.82) is 0 Å². The molecule has 2 heterocycles. The number of carboxylic acid groups (broad SMARTS) is 1. The van der Waals surface area contributed by atoms with Crippen LogP contribution in [0.25, 0.3) is 10.9 Å². The normalized spacial score (nSPS) is 16.9. The van der Waals surface area contributed by atoms with Gasteiger partial charge in [-0.1, -0.05) is 0 Å². The van der Waals surface area contributed by atoms with E-state index in [1.807, 2.05) is 34.1 Å². The molecule has 2 aromatic carbocycles. The molecule has 1 fully saturated rings. The first-order chi connectivity index (χ1) is 16.9. The molecule has 0 saturated carbocycles. The van der Waals surface area contributed by atoms with Crippen molar-refractivity contribution in [3.05, 3.63) is 65.9 Å². The first-order valence-electron chi connectivity index (χ1n) is 11.6. The predicted octanol–water partition coefficient (Wildman–Crippen LogP) is 3.60. The molecular formula is C26H29F2N3O4. The van der Waals surface area contributed by atoms with Crippen molar-refractivity contribution < 1.29 is 28.2 Å². The summed E-state index contributed by atoms with van der Waals surface area (Å²) in [4.78, 5) is 20.3. The highest BCUT2D eigenvalue weighted by atomic mass is 19.1. The number of aliphatic carboxylic acids is 1. The Labute approximate surface area is 202 Å². The summed E-state index contributed by atoms with van der Waals surface area (Å²) < 4.78 is 37.7. The lowest BCUT2D eigenvalue weighted by molar-refractivity contribution is -0.146.